The van der Waals surface area contributed by atoms with Crippen LogP contribution in [0, 0.1) is 11.8 Å². The predicted molar refractivity (Wildman–Crippen MR) is 92.7 cm³/mol. The molecule has 0 saturated heterocycles. The summed E-state index contributed by atoms with van der Waals surface area (Å²) in [7, 11) is 0. The van der Waals surface area contributed by atoms with Gasteiger partial charge in [0.15, 0.2) is 5.16 Å². The lowest BCUT2D eigenvalue weighted by molar-refractivity contribution is 0.532. The number of rotatable bonds is 9. The van der Waals surface area contributed by atoms with Gasteiger partial charge in [-0.3, -0.25) is 0 Å². The summed E-state index contributed by atoms with van der Waals surface area (Å²) in [5, 5.41) is 0.750. The minimum absolute atomic E-state index is 0.670. The molecule has 21 heavy (non-hydrogen) atoms. The summed E-state index contributed by atoms with van der Waals surface area (Å²) in [5.74, 6) is 8.51. The lowest BCUT2D eigenvalue weighted by atomic mass is 10.1. The second kappa shape index (κ2) is 9.10. The number of aromatic nitrogens is 2. The Kier molecular flexibility index (Phi) is 7.82. The first-order chi connectivity index (χ1) is 9.96. The molecule has 6 heteroatoms. The van der Waals surface area contributed by atoms with Crippen LogP contribution >= 0.6 is 11.8 Å². The molecule has 0 fully saturated rings. The molecular weight excluding hydrogens is 282 g/mol. The van der Waals surface area contributed by atoms with Crippen molar-refractivity contribution in [3.63, 3.8) is 0 Å². The topological polar surface area (TPSA) is 67.1 Å². The molecule has 0 atom stereocenters. The third-order valence-corrected chi connectivity index (χ3v) is 3.85. The SMILES string of the molecule is CSc1nc(NN)cc(N(CCC(C)C)CCC(C)C)n1. The third-order valence-electron chi connectivity index (χ3n) is 3.30. The van der Waals surface area contributed by atoms with Crippen molar-refractivity contribution in [3.05, 3.63) is 6.07 Å². The zero-order valence-electron chi connectivity index (χ0n) is 13.9. The molecule has 1 heterocycles. The Hall–Kier alpha value is -1.01. The molecule has 5 nitrogen and oxygen atoms in total. The summed E-state index contributed by atoms with van der Waals surface area (Å²) in [6, 6.07) is 1.93. The first kappa shape index (κ1) is 18.0. The summed E-state index contributed by atoms with van der Waals surface area (Å²) in [4.78, 5) is 11.3. The standard InChI is InChI=1S/C15H29N5S/c1-11(2)6-8-20(9-7-12(3)4)14-10-13(19-16)17-15(18-14)21-5/h10-12H,6-9,16H2,1-5H3,(H,17,18,19). The van der Waals surface area contributed by atoms with E-state index in [0.717, 1.165) is 36.9 Å². The first-order valence-corrected chi connectivity index (χ1v) is 8.83. The van der Waals surface area contributed by atoms with E-state index >= 15 is 0 Å². The van der Waals surface area contributed by atoms with Crippen LogP contribution in [0.1, 0.15) is 40.5 Å². The summed E-state index contributed by atoms with van der Waals surface area (Å²) in [6.45, 7) is 11.0. The fourth-order valence-electron chi connectivity index (χ4n) is 1.91. The Bertz CT molecular complexity index is 388. The molecule has 0 saturated carbocycles. The fraction of sp³-hybridized carbons (Fsp3) is 0.733. The van der Waals surface area contributed by atoms with Crippen molar-refractivity contribution in [2.75, 3.05) is 29.7 Å². The molecule has 0 aliphatic heterocycles. The molecule has 120 valence electrons. The van der Waals surface area contributed by atoms with E-state index in [1.54, 1.807) is 0 Å². The van der Waals surface area contributed by atoms with Gasteiger partial charge in [0.1, 0.15) is 11.6 Å². The number of thioether (sulfide) groups is 1. The van der Waals surface area contributed by atoms with Crippen LogP contribution < -0.4 is 16.2 Å². The summed E-state index contributed by atoms with van der Waals surface area (Å²) < 4.78 is 0. The number of anilines is 2. The van der Waals surface area contributed by atoms with Crippen molar-refractivity contribution < 1.29 is 0 Å². The molecule has 0 radical (unpaired) electrons. The molecule has 3 N–H and O–H groups in total. The highest BCUT2D eigenvalue weighted by Crippen LogP contribution is 2.21. The van der Waals surface area contributed by atoms with Crippen LogP contribution in [-0.2, 0) is 0 Å². The molecule has 0 aromatic carbocycles. The van der Waals surface area contributed by atoms with Gasteiger partial charge in [-0.15, -0.1) is 0 Å². The molecule has 1 aromatic rings. The summed E-state index contributed by atoms with van der Waals surface area (Å²) >= 11 is 1.53. The minimum Gasteiger partial charge on any atom is -0.356 e. The van der Waals surface area contributed by atoms with Crippen molar-refractivity contribution in [3.8, 4) is 0 Å². The van der Waals surface area contributed by atoms with Gasteiger partial charge in [0, 0.05) is 19.2 Å². The lowest BCUT2D eigenvalue weighted by Gasteiger charge is -2.26. The Labute approximate surface area is 133 Å². The summed E-state index contributed by atoms with van der Waals surface area (Å²) in [5.41, 5.74) is 2.64. The maximum Gasteiger partial charge on any atom is 0.191 e. The second-order valence-electron chi connectivity index (χ2n) is 6.09. The van der Waals surface area contributed by atoms with Crippen LogP contribution in [0.5, 0.6) is 0 Å². The minimum atomic E-state index is 0.670. The van der Waals surface area contributed by atoms with Gasteiger partial charge in [-0.1, -0.05) is 39.5 Å². The highest BCUT2D eigenvalue weighted by atomic mass is 32.2. The van der Waals surface area contributed by atoms with Crippen LogP contribution in [0.25, 0.3) is 0 Å². The van der Waals surface area contributed by atoms with Gasteiger partial charge >= 0.3 is 0 Å². The van der Waals surface area contributed by atoms with Crippen LogP contribution in [0.3, 0.4) is 0 Å². The molecule has 1 aromatic heterocycles. The van der Waals surface area contributed by atoms with Gasteiger partial charge in [-0.2, -0.15) is 0 Å². The van der Waals surface area contributed by atoms with Gasteiger partial charge in [-0.25, -0.2) is 15.8 Å². The van der Waals surface area contributed by atoms with E-state index in [1.165, 1.54) is 11.8 Å². The van der Waals surface area contributed by atoms with E-state index in [1.807, 2.05) is 12.3 Å². The smallest absolute Gasteiger partial charge is 0.191 e. The highest BCUT2D eigenvalue weighted by molar-refractivity contribution is 7.98. The number of hydrogen-bond acceptors (Lipinski definition) is 6. The Balaban J connectivity index is 2.93. The predicted octanol–water partition coefficient (Wildman–Crippen LogP) is 3.38. The van der Waals surface area contributed by atoms with Crippen LogP contribution in [-0.4, -0.2) is 29.3 Å². The van der Waals surface area contributed by atoms with Gasteiger partial charge in [0.25, 0.3) is 0 Å². The van der Waals surface area contributed by atoms with Gasteiger partial charge in [-0.05, 0) is 30.9 Å². The third kappa shape index (κ3) is 6.52. The molecule has 0 unspecified atom stereocenters. The maximum absolute atomic E-state index is 5.52. The summed E-state index contributed by atoms with van der Waals surface area (Å²) in [6.07, 6.45) is 4.29. The molecule has 0 spiro atoms. The Morgan fingerprint density at radius 1 is 1.14 bits per heavy atom. The lowest BCUT2D eigenvalue weighted by Crippen LogP contribution is -2.29. The van der Waals surface area contributed by atoms with Gasteiger partial charge in [0.2, 0.25) is 0 Å². The zero-order chi connectivity index (χ0) is 15.8. The molecular formula is C15H29N5S. The monoisotopic (exact) mass is 311 g/mol. The number of nitrogen functional groups attached to an aromatic ring is 1. The Morgan fingerprint density at radius 3 is 2.14 bits per heavy atom. The molecule has 0 amide bonds. The maximum atomic E-state index is 5.52. The van der Waals surface area contributed by atoms with Crippen molar-refractivity contribution in [2.24, 2.45) is 17.7 Å². The normalized spacial score (nSPS) is 11.2. The number of nitrogens with zero attached hydrogens (tertiary/aromatic N) is 3. The number of hydrazine groups is 1. The van der Waals surface area contributed by atoms with E-state index in [-0.39, 0.29) is 0 Å². The molecule has 0 aliphatic rings. The van der Waals surface area contributed by atoms with Crippen molar-refractivity contribution in [2.45, 2.75) is 45.7 Å². The largest absolute Gasteiger partial charge is 0.356 e. The van der Waals surface area contributed by atoms with Crippen molar-refractivity contribution in [1.29, 1.82) is 0 Å². The number of hydrogen-bond donors (Lipinski definition) is 2. The quantitative estimate of drug-likeness (QED) is 0.315. The van der Waals surface area contributed by atoms with Crippen molar-refractivity contribution in [1.82, 2.24) is 9.97 Å². The van der Waals surface area contributed by atoms with E-state index in [4.69, 9.17) is 5.84 Å². The molecule has 1 rings (SSSR count). The van der Waals surface area contributed by atoms with E-state index in [9.17, 15) is 0 Å². The number of nitrogens with one attached hydrogen (secondary N) is 1. The average Bonchev–Trinajstić information content (AvgIpc) is 2.46. The average molecular weight is 311 g/mol. The number of nitrogens with two attached hydrogens (primary N) is 1. The Morgan fingerprint density at radius 2 is 1.71 bits per heavy atom. The first-order valence-electron chi connectivity index (χ1n) is 7.60. The van der Waals surface area contributed by atoms with Crippen molar-refractivity contribution >= 4 is 23.4 Å². The van der Waals surface area contributed by atoms with Crippen LogP contribution in [0.15, 0.2) is 11.2 Å². The highest BCUT2D eigenvalue weighted by Gasteiger charge is 2.13. The van der Waals surface area contributed by atoms with Crippen LogP contribution in [0.2, 0.25) is 0 Å². The van der Waals surface area contributed by atoms with Gasteiger partial charge in [0.05, 0.1) is 0 Å². The fourth-order valence-corrected chi connectivity index (χ4v) is 2.28. The zero-order valence-corrected chi connectivity index (χ0v) is 14.7. The molecule has 0 aliphatic carbocycles. The molecule has 0 bridgehead atoms. The van der Waals surface area contributed by atoms with E-state index in [2.05, 4.69) is 48.0 Å². The van der Waals surface area contributed by atoms with E-state index in [0.29, 0.717) is 17.7 Å². The van der Waals surface area contributed by atoms with Crippen LogP contribution in [0.4, 0.5) is 11.6 Å². The van der Waals surface area contributed by atoms with E-state index < -0.39 is 0 Å². The second-order valence-corrected chi connectivity index (χ2v) is 6.87. The van der Waals surface area contributed by atoms with Gasteiger partial charge < -0.3 is 10.3 Å².